The number of rotatable bonds is 4. The number of nitrogens with zero attached hydrogens (tertiary/aromatic N) is 1. The quantitative estimate of drug-likeness (QED) is 0.776. The van der Waals surface area contributed by atoms with Crippen LogP contribution >= 0.6 is 0 Å². The number of nitrogens with two attached hydrogens (primary N) is 1. The zero-order chi connectivity index (χ0) is 11.1. The van der Waals surface area contributed by atoms with Crippen molar-refractivity contribution in [2.75, 3.05) is 26.2 Å². The van der Waals surface area contributed by atoms with Crippen LogP contribution < -0.4 is 5.73 Å². The highest BCUT2D eigenvalue weighted by Gasteiger charge is 2.17. The lowest BCUT2D eigenvalue weighted by Gasteiger charge is -2.29. The predicted molar refractivity (Wildman–Crippen MR) is 67.0 cm³/mol. The fourth-order valence-corrected chi connectivity index (χ4v) is 2.10. The molecule has 1 aliphatic heterocycles. The number of likely N-dealkylation sites (tertiary alicyclic amines) is 1. The molecule has 0 aromatic rings. The summed E-state index contributed by atoms with van der Waals surface area (Å²) in [5.74, 6) is 0. The summed E-state index contributed by atoms with van der Waals surface area (Å²) in [5, 5.41) is 0. The van der Waals surface area contributed by atoms with E-state index in [9.17, 15) is 0 Å². The zero-order valence-corrected chi connectivity index (χ0v) is 10.6. The van der Waals surface area contributed by atoms with Gasteiger partial charge in [-0.15, -0.1) is 0 Å². The molecule has 0 aliphatic carbocycles. The molecule has 0 aromatic carbocycles. The van der Waals surface area contributed by atoms with Crippen LogP contribution in [0.2, 0.25) is 0 Å². The Kier molecular flexibility index (Phi) is 5.62. The third-order valence-electron chi connectivity index (χ3n) is 3.61. The van der Waals surface area contributed by atoms with Crippen molar-refractivity contribution in [2.45, 2.75) is 52.4 Å². The van der Waals surface area contributed by atoms with Gasteiger partial charge in [0.1, 0.15) is 0 Å². The molecule has 0 aromatic heterocycles. The second-order valence-electron chi connectivity index (χ2n) is 5.73. The molecule has 90 valence electrons. The first-order chi connectivity index (χ1) is 7.14. The summed E-state index contributed by atoms with van der Waals surface area (Å²) < 4.78 is 0. The van der Waals surface area contributed by atoms with Gasteiger partial charge in [0.25, 0.3) is 0 Å². The molecule has 0 atom stereocenters. The van der Waals surface area contributed by atoms with Gasteiger partial charge in [0.05, 0.1) is 0 Å². The van der Waals surface area contributed by atoms with Crippen LogP contribution in [0.5, 0.6) is 0 Å². The molecule has 0 spiro atoms. The van der Waals surface area contributed by atoms with Crippen molar-refractivity contribution >= 4 is 0 Å². The van der Waals surface area contributed by atoms with E-state index in [0.29, 0.717) is 5.41 Å². The Labute approximate surface area is 95.2 Å². The summed E-state index contributed by atoms with van der Waals surface area (Å²) in [6.45, 7) is 9.21. The molecule has 2 nitrogen and oxygen atoms in total. The standard InChI is InChI=1S/C13H28N2/c1-13(2,12-14)8-11-15-9-6-4-3-5-7-10-15/h3-12,14H2,1-2H3. The molecule has 0 unspecified atom stereocenters. The Bertz CT molecular complexity index is 158. The van der Waals surface area contributed by atoms with Crippen LogP contribution in [0.25, 0.3) is 0 Å². The largest absolute Gasteiger partial charge is 0.330 e. The first-order valence-corrected chi connectivity index (χ1v) is 6.56. The molecule has 0 bridgehead atoms. The number of hydrogen-bond acceptors (Lipinski definition) is 2. The van der Waals surface area contributed by atoms with Crippen LogP contribution in [0.4, 0.5) is 0 Å². The third kappa shape index (κ3) is 5.53. The van der Waals surface area contributed by atoms with Crippen molar-refractivity contribution < 1.29 is 0 Å². The highest BCUT2D eigenvalue weighted by atomic mass is 15.1. The molecule has 0 radical (unpaired) electrons. The van der Waals surface area contributed by atoms with Gasteiger partial charge in [-0.05, 0) is 50.9 Å². The van der Waals surface area contributed by atoms with Gasteiger partial charge in [-0.25, -0.2) is 0 Å². The first kappa shape index (κ1) is 13.0. The van der Waals surface area contributed by atoms with Gasteiger partial charge in [0.2, 0.25) is 0 Å². The summed E-state index contributed by atoms with van der Waals surface area (Å²) in [6, 6.07) is 0. The van der Waals surface area contributed by atoms with E-state index in [0.717, 1.165) is 6.54 Å². The van der Waals surface area contributed by atoms with Gasteiger partial charge in [-0.2, -0.15) is 0 Å². The van der Waals surface area contributed by atoms with Crippen LogP contribution in [0.15, 0.2) is 0 Å². The summed E-state index contributed by atoms with van der Waals surface area (Å²) in [5.41, 5.74) is 6.08. The summed E-state index contributed by atoms with van der Waals surface area (Å²) in [4.78, 5) is 2.64. The van der Waals surface area contributed by atoms with E-state index < -0.39 is 0 Å². The van der Waals surface area contributed by atoms with Crippen molar-refractivity contribution in [3.8, 4) is 0 Å². The van der Waals surface area contributed by atoms with Gasteiger partial charge in [0.15, 0.2) is 0 Å². The lowest BCUT2D eigenvalue weighted by molar-refractivity contribution is 0.206. The fourth-order valence-electron chi connectivity index (χ4n) is 2.10. The molecule has 0 amide bonds. The van der Waals surface area contributed by atoms with Crippen molar-refractivity contribution in [1.29, 1.82) is 0 Å². The van der Waals surface area contributed by atoms with Crippen molar-refractivity contribution in [1.82, 2.24) is 4.90 Å². The smallest absolute Gasteiger partial charge is 0.00132 e. The first-order valence-electron chi connectivity index (χ1n) is 6.56. The highest BCUT2D eigenvalue weighted by Crippen LogP contribution is 2.19. The topological polar surface area (TPSA) is 29.3 Å². The molecule has 1 saturated heterocycles. The lowest BCUT2D eigenvalue weighted by atomic mass is 9.89. The zero-order valence-electron chi connectivity index (χ0n) is 10.6. The Hall–Kier alpha value is -0.0800. The third-order valence-corrected chi connectivity index (χ3v) is 3.61. The summed E-state index contributed by atoms with van der Waals surface area (Å²) in [7, 11) is 0. The Morgan fingerprint density at radius 2 is 1.53 bits per heavy atom. The van der Waals surface area contributed by atoms with E-state index in [1.54, 1.807) is 0 Å². The van der Waals surface area contributed by atoms with Crippen molar-refractivity contribution in [3.05, 3.63) is 0 Å². The minimum atomic E-state index is 0.322. The molecule has 0 saturated carbocycles. The van der Waals surface area contributed by atoms with Crippen molar-refractivity contribution in [3.63, 3.8) is 0 Å². The number of hydrogen-bond donors (Lipinski definition) is 1. The molecule has 15 heavy (non-hydrogen) atoms. The van der Waals surface area contributed by atoms with Gasteiger partial charge in [-0.3, -0.25) is 0 Å². The van der Waals surface area contributed by atoms with E-state index in [2.05, 4.69) is 18.7 Å². The Balaban J connectivity index is 2.23. The monoisotopic (exact) mass is 212 g/mol. The van der Waals surface area contributed by atoms with E-state index in [1.807, 2.05) is 0 Å². The van der Waals surface area contributed by atoms with Gasteiger partial charge in [0, 0.05) is 0 Å². The predicted octanol–water partition coefficient (Wildman–Crippen LogP) is 2.63. The molecular formula is C13H28N2. The van der Waals surface area contributed by atoms with Crippen LogP contribution in [-0.2, 0) is 0 Å². The van der Waals surface area contributed by atoms with Crippen LogP contribution in [0.3, 0.4) is 0 Å². The SMILES string of the molecule is CC(C)(CN)CCN1CCCCCCC1. The van der Waals surface area contributed by atoms with Crippen molar-refractivity contribution in [2.24, 2.45) is 11.1 Å². The minimum Gasteiger partial charge on any atom is -0.330 e. The molecule has 1 heterocycles. The average Bonchev–Trinajstić information content (AvgIpc) is 2.16. The fraction of sp³-hybridized carbons (Fsp3) is 1.00. The maximum absolute atomic E-state index is 5.76. The van der Waals surface area contributed by atoms with E-state index >= 15 is 0 Å². The maximum atomic E-state index is 5.76. The Morgan fingerprint density at radius 3 is 2.07 bits per heavy atom. The van der Waals surface area contributed by atoms with Crippen LogP contribution in [0, 0.1) is 5.41 Å². The summed E-state index contributed by atoms with van der Waals surface area (Å²) >= 11 is 0. The highest BCUT2D eigenvalue weighted by molar-refractivity contribution is 4.72. The van der Waals surface area contributed by atoms with E-state index in [-0.39, 0.29) is 0 Å². The molecule has 1 rings (SSSR count). The normalized spacial score (nSPS) is 21.0. The second-order valence-corrected chi connectivity index (χ2v) is 5.73. The molecule has 1 fully saturated rings. The summed E-state index contributed by atoms with van der Waals surface area (Å²) in [6.07, 6.45) is 8.32. The van der Waals surface area contributed by atoms with E-state index in [4.69, 9.17) is 5.73 Å². The average molecular weight is 212 g/mol. The lowest BCUT2D eigenvalue weighted by Crippen LogP contribution is -2.33. The molecule has 2 N–H and O–H groups in total. The van der Waals surface area contributed by atoms with Gasteiger partial charge >= 0.3 is 0 Å². The Morgan fingerprint density at radius 1 is 1.00 bits per heavy atom. The minimum absolute atomic E-state index is 0.322. The van der Waals surface area contributed by atoms with Gasteiger partial charge < -0.3 is 10.6 Å². The van der Waals surface area contributed by atoms with Crippen LogP contribution in [0.1, 0.15) is 52.4 Å². The molecular weight excluding hydrogens is 184 g/mol. The molecule has 2 heteroatoms. The second kappa shape index (κ2) is 6.49. The van der Waals surface area contributed by atoms with E-state index in [1.165, 1.54) is 58.2 Å². The maximum Gasteiger partial charge on any atom is -0.00132 e. The molecule has 1 aliphatic rings. The van der Waals surface area contributed by atoms with Crippen LogP contribution in [-0.4, -0.2) is 31.1 Å². The van der Waals surface area contributed by atoms with Gasteiger partial charge in [-0.1, -0.05) is 33.1 Å².